The number of hydrogen-bond donors (Lipinski definition) is 0. The molecule has 0 heterocycles. The highest BCUT2D eigenvalue weighted by atomic mass is 16.2. The van der Waals surface area contributed by atoms with E-state index in [1.807, 2.05) is 19.1 Å². The van der Waals surface area contributed by atoms with E-state index in [0.29, 0.717) is 0 Å². The highest BCUT2D eigenvalue weighted by molar-refractivity contribution is 5.84. The first-order chi connectivity index (χ1) is 6.63. The number of hydrazine groups is 1. The number of carbonyl (C=O) groups excluding carboxylic acids is 1. The third-order valence-corrected chi connectivity index (χ3v) is 2.05. The van der Waals surface area contributed by atoms with E-state index in [-0.39, 0.29) is 5.91 Å². The van der Waals surface area contributed by atoms with Crippen LogP contribution in [0.25, 0.3) is 0 Å². The monoisotopic (exact) mass is 199 g/mol. The molecule has 0 spiro atoms. The van der Waals surface area contributed by atoms with E-state index in [9.17, 15) is 4.79 Å². The zero-order valence-electron chi connectivity index (χ0n) is 9.92. The molecule has 0 fully saturated rings. The number of nitrogens with zero attached hydrogens (tertiary/aromatic N) is 2. The summed E-state index contributed by atoms with van der Waals surface area (Å²) >= 11 is 0. The summed E-state index contributed by atoms with van der Waals surface area (Å²) < 4.78 is 0. The van der Waals surface area contributed by atoms with Crippen molar-refractivity contribution in [2.24, 2.45) is 0 Å². The Kier molecular flexibility index (Phi) is 7.48. The quantitative estimate of drug-likeness (QED) is 0.463. The van der Waals surface area contributed by atoms with Crippen molar-refractivity contribution in [1.82, 2.24) is 10.0 Å². The zero-order valence-corrected chi connectivity index (χ0v) is 9.92. The van der Waals surface area contributed by atoms with Gasteiger partial charge < -0.3 is 0 Å². The molecule has 0 rings (SSSR count). The molecule has 0 aromatic carbocycles. The molecule has 14 heavy (non-hydrogen) atoms. The molecular weight excluding hydrogens is 176 g/mol. The van der Waals surface area contributed by atoms with Gasteiger partial charge in [0, 0.05) is 20.6 Å². The Hall–Kier alpha value is -0.570. The van der Waals surface area contributed by atoms with Crippen LogP contribution in [0, 0.1) is 6.42 Å². The van der Waals surface area contributed by atoms with Crippen LogP contribution in [0.1, 0.15) is 39.5 Å². The minimum atomic E-state index is 0.130. The summed E-state index contributed by atoms with van der Waals surface area (Å²) in [4.78, 5) is 11.7. The number of carbonyl (C=O) groups is 1. The van der Waals surface area contributed by atoms with E-state index in [2.05, 4.69) is 13.8 Å². The smallest absolute Gasteiger partial charge is 0.240 e. The fraction of sp³-hybridized carbons (Fsp3) is 0.818. The van der Waals surface area contributed by atoms with Gasteiger partial charge in [0.2, 0.25) is 5.91 Å². The van der Waals surface area contributed by atoms with Crippen molar-refractivity contribution in [3.8, 4) is 0 Å². The third-order valence-electron chi connectivity index (χ3n) is 2.05. The number of hydrogen-bond acceptors (Lipinski definition) is 2. The molecule has 83 valence electrons. The van der Waals surface area contributed by atoms with Gasteiger partial charge in [0.1, 0.15) is 0 Å². The largest absolute Gasteiger partial charge is 0.276 e. The van der Waals surface area contributed by atoms with Gasteiger partial charge in [-0.2, -0.15) is 0 Å². The molecule has 1 amide bonds. The second-order valence-electron chi connectivity index (χ2n) is 3.65. The molecule has 0 unspecified atom stereocenters. The standard InChI is InChI=1S/C11H23N2O/c1-5-7-8-9-11(14)13(10-6-2)12(3)4/h9H,5-8,10H2,1-4H3. The van der Waals surface area contributed by atoms with Crippen LogP contribution in [0.15, 0.2) is 0 Å². The maximum Gasteiger partial charge on any atom is 0.240 e. The van der Waals surface area contributed by atoms with Gasteiger partial charge in [-0.25, -0.2) is 5.01 Å². The lowest BCUT2D eigenvalue weighted by Gasteiger charge is -2.28. The summed E-state index contributed by atoms with van der Waals surface area (Å²) in [5, 5.41) is 3.63. The van der Waals surface area contributed by atoms with E-state index in [4.69, 9.17) is 0 Å². The summed E-state index contributed by atoms with van der Waals surface area (Å²) in [6.07, 6.45) is 5.91. The Morgan fingerprint density at radius 1 is 1.21 bits per heavy atom. The number of amides is 1. The fourth-order valence-electron chi connectivity index (χ4n) is 1.25. The van der Waals surface area contributed by atoms with E-state index in [1.165, 1.54) is 0 Å². The Bertz CT molecular complexity index is 157. The molecule has 0 N–H and O–H groups in total. The molecule has 0 aliphatic carbocycles. The van der Waals surface area contributed by atoms with Crippen molar-refractivity contribution < 1.29 is 4.79 Å². The number of unbranched alkanes of at least 4 members (excludes halogenated alkanes) is 2. The predicted octanol–water partition coefficient (Wildman–Crippen LogP) is 2.10. The molecule has 1 radical (unpaired) electrons. The van der Waals surface area contributed by atoms with E-state index >= 15 is 0 Å². The Morgan fingerprint density at radius 3 is 2.29 bits per heavy atom. The molecule has 0 aromatic rings. The molecule has 0 aliphatic rings. The Balaban J connectivity index is 3.89. The third kappa shape index (κ3) is 5.22. The molecule has 0 atom stereocenters. The number of rotatable bonds is 7. The van der Waals surface area contributed by atoms with Crippen LogP contribution in [0.5, 0.6) is 0 Å². The maximum atomic E-state index is 11.7. The van der Waals surface area contributed by atoms with Gasteiger partial charge in [0.15, 0.2) is 0 Å². The summed E-state index contributed by atoms with van der Waals surface area (Å²) in [6.45, 7) is 5.01. The van der Waals surface area contributed by atoms with E-state index < -0.39 is 0 Å². The predicted molar refractivity (Wildman–Crippen MR) is 59.5 cm³/mol. The first kappa shape index (κ1) is 13.4. The van der Waals surface area contributed by atoms with Crippen molar-refractivity contribution in [2.75, 3.05) is 20.6 Å². The molecule has 3 heteroatoms. The second kappa shape index (κ2) is 7.80. The molecule has 0 aliphatic heterocycles. The SMILES string of the molecule is CCCC[CH]C(=O)N(CCC)N(C)C. The van der Waals surface area contributed by atoms with Crippen LogP contribution in [0.3, 0.4) is 0 Å². The summed E-state index contributed by atoms with van der Waals surface area (Å²) in [7, 11) is 3.81. The average Bonchev–Trinajstić information content (AvgIpc) is 2.13. The van der Waals surface area contributed by atoms with Crippen LogP contribution >= 0.6 is 0 Å². The lowest BCUT2D eigenvalue weighted by atomic mass is 10.2. The van der Waals surface area contributed by atoms with Crippen LogP contribution in [0.4, 0.5) is 0 Å². The highest BCUT2D eigenvalue weighted by Crippen LogP contribution is 2.03. The van der Waals surface area contributed by atoms with Crippen molar-refractivity contribution in [1.29, 1.82) is 0 Å². The van der Waals surface area contributed by atoms with Crippen LogP contribution in [-0.4, -0.2) is 36.6 Å². The minimum absolute atomic E-state index is 0.130. The van der Waals surface area contributed by atoms with Crippen molar-refractivity contribution in [3.05, 3.63) is 6.42 Å². The van der Waals surface area contributed by atoms with Gasteiger partial charge in [-0.15, -0.1) is 0 Å². The minimum Gasteiger partial charge on any atom is -0.276 e. The van der Waals surface area contributed by atoms with E-state index in [1.54, 1.807) is 11.4 Å². The Labute approximate surface area is 88.0 Å². The van der Waals surface area contributed by atoms with Crippen molar-refractivity contribution >= 4 is 5.91 Å². The first-order valence-electron chi connectivity index (χ1n) is 5.45. The lowest BCUT2D eigenvalue weighted by Crippen LogP contribution is -2.42. The lowest BCUT2D eigenvalue weighted by molar-refractivity contribution is -0.140. The van der Waals surface area contributed by atoms with Crippen molar-refractivity contribution in [3.63, 3.8) is 0 Å². The first-order valence-corrected chi connectivity index (χ1v) is 5.45. The van der Waals surface area contributed by atoms with Crippen molar-refractivity contribution in [2.45, 2.75) is 39.5 Å². The van der Waals surface area contributed by atoms with Gasteiger partial charge in [0.05, 0.1) is 6.42 Å². The molecular formula is C11H23N2O. The second-order valence-corrected chi connectivity index (χ2v) is 3.65. The van der Waals surface area contributed by atoms with Gasteiger partial charge in [-0.05, 0) is 12.8 Å². The Morgan fingerprint density at radius 2 is 1.86 bits per heavy atom. The summed E-state index contributed by atoms with van der Waals surface area (Å²) in [5.41, 5.74) is 0. The summed E-state index contributed by atoms with van der Waals surface area (Å²) in [6, 6.07) is 0. The van der Waals surface area contributed by atoms with Gasteiger partial charge in [0.25, 0.3) is 0 Å². The van der Waals surface area contributed by atoms with Gasteiger partial charge in [-0.1, -0.05) is 26.7 Å². The average molecular weight is 199 g/mol. The molecule has 0 saturated carbocycles. The zero-order chi connectivity index (χ0) is 11.0. The molecule has 3 nitrogen and oxygen atoms in total. The molecule has 0 saturated heterocycles. The van der Waals surface area contributed by atoms with Gasteiger partial charge >= 0.3 is 0 Å². The van der Waals surface area contributed by atoms with E-state index in [0.717, 1.165) is 32.2 Å². The molecule has 0 aromatic heterocycles. The molecule has 0 bridgehead atoms. The normalized spacial score (nSPS) is 10.6. The van der Waals surface area contributed by atoms with Crippen LogP contribution in [-0.2, 0) is 4.79 Å². The van der Waals surface area contributed by atoms with Crippen LogP contribution < -0.4 is 0 Å². The topological polar surface area (TPSA) is 23.6 Å². The maximum absolute atomic E-state index is 11.7. The summed E-state index contributed by atoms with van der Waals surface area (Å²) in [5.74, 6) is 0.130. The van der Waals surface area contributed by atoms with Gasteiger partial charge in [-0.3, -0.25) is 9.80 Å². The fourth-order valence-corrected chi connectivity index (χ4v) is 1.25. The van der Waals surface area contributed by atoms with Crippen LogP contribution in [0.2, 0.25) is 0 Å². The highest BCUT2D eigenvalue weighted by Gasteiger charge is 2.13.